The number of nitrogens with zero attached hydrogens (tertiary/aromatic N) is 2. The second-order valence-electron chi connectivity index (χ2n) is 5.25. The van der Waals surface area contributed by atoms with Crippen LogP contribution in [0.25, 0.3) is 0 Å². The van der Waals surface area contributed by atoms with E-state index in [1.807, 2.05) is 13.8 Å². The number of hydrogen-bond acceptors (Lipinski definition) is 4. The molecule has 7 nitrogen and oxygen atoms in total. The van der Waals surface area contributed by atoms with Crippen molar-refractivity contribution in [1.29, 1.82) is 0 Å². The molecule has 2 rings (SSSR count). The van der Waals surface area contributed by atoms with Gasteiger partial charge in [-0.15, -0.1) is 0 Å². The largest absolute Gasteiger partial charge is 0.355 e. The first-order valence-electron chi connectivity index (χ1n) is 6.04. The fourth-order valence-corrected chi connectivity index (χ4v) is 2.36. The maximum atomic E-state index is 13.6. The average Bonchev–Trinajstić information content (AvgIpc) is 2.65. The summed E-state index contributed by atoms with van der Waals surface area (Å²) in [4.78, 5) is 23.3. The van der Waals surface area contributed by atoms with Crippen LogP contribution >= 0.6 is 12.2 Å². The SMILES string of the molecule is CC1(C)CN(C(=O)Nc2cc([N+](=O)[O-])ccc2F)C(=S)N1. The Bertz CT molecular complexity index is 635. The highest BCUT2D eigenvalue weighted by atomic mass is 32.1. The van der Waals surface area contributed by atoms with Gasteiger partial charge in [0.25, 0.3) is 5.69 Å². The zero-order chi connectivity index (χ0) is 15.8. The molecular weight excluding hydrogens is 299 g/mol. The third kappa shape index (κ3) is 3.24. The number of nitrogens with one attached hydrogen (secondary N) is 2. The van der Waals surface area contributed by atoms with Gasteiger partial charge in [-0.05, 0) is 32.1 Å². The van der Waals surface area contributed by atoms with Crippen molar-refractivity contribution < 1.29 is 14.1 Å². The van der Waals surface area contributed by atoms with Crippen LogP contribution in [0, 0.1) is 15.9 Å². The number of non-ortho nitro benzene ring substituents is 1. The minimum absolute atomic E-state index is 0.225. The summed E-state index contributed by atoms with van der Waals surface area (Å²) in [7, 11) is 0. The smallest absolute Gasteiger partial charge is 0.328 e. The first-order chi connectivity index (χ1) is 9.69. The molecule has 1 heterocycles. The van der Waals surface area contributed by atoms with Gasteiger partial charge in [-0.25, -0.2) is 9.18 Å². The van der Waals surface area contributed by atoms with Crippen LogP contribution < -0.4 is 10.6 Å². The van der Waals surface area contributed by atoms with E-state index in [0.29, 0.717) is 6.54 Å². The number of nitro benzene ring substituents is 1. The topological polar surface area (TPSA) is 87.5 Å². The summed E-state index contributed by atoms with van der Waals surface area (Å²) in [5, 5.41) is 16.1. The lowest BCUT2D eigenvalue weighted by atomic mass is 10.1. The first kappa shape index (κ1) is 15.1. The Morgan fingerprint density at radius 1 is 1.57 bits per heavy atom. The van der Waals surface area contributed by atoms with E-state index in [9.17, 15) is 19.3 Å². The number of hydrogen-bond donors (Lipinski definition) is 2. The minimum Gasteiger partial charge on any atom is -0.355 e. The average molecular weight is 312 g/mol. The molecule has 0 aliphatic carbocycles. The molecule has 1 saturated heterocycles. The van der Waals surface area contributed by atoms with Gasteiger partial charge in [0.15, 0.2) is 5.11 Å². The Morgan fingerprint density at radius 3 is 2.76 bits per heavy atom. The molecule has 1 aliphatic heterocycles. The van der Waals surface area contributed by atoms with Crippen molar-refractivity contribution in [1.82, 2.24) is 10.2 Å². The second-order valence-corrected chi connectivity index (χ2v) is 5.64. The summed E-state index contributed by atoms with van der Waals surface area (Å²) >= 11 is 5.03. The van der Waals surface area contributed by atoms with Crippen LogP contribution in [-0.4, -0.2) is 33.1 Å². The molecule has 2 amide bonds. The van der Waals surface area contributed by atoms with E-state index in [4.69, 9.17) is 12.2 Å². The van der Waals surface area contributed by atoms with Gasteiger partial charge >= 0.3 is 6.03 Å². The number of rotatable bonds is 2. The molecule has 112 valence electrons. The van der Waals surface area contributed by atoms with Crippen LogP contribution in [0.5, 0.6) is 0 Å². The zero-order valence-electron chi connectivity index (χ0n) is 11.3. The van der Waals surface area contributed by atoms with E-state index in [2.05, 4.69) is 10.6 Å². The van der Waals surface area contributed by atoms with E-state index in [-0.39, 0.29) is 22.0 Å². The number of benzene rings is 1. The molecule has 21 heavy (non-hydrogen) atoms. The molecule has 1 aromatic rings. The highest BCUT2D eigenvalue weighted by Crippen LogP contribution is 2.22. The monoisotopic (exact) mass is 312 g/mol. The maximum Gasteiger partial charge on any atom is 0.328 e. The first-order valence-corrected chi connectivity index (χ1v) is 6.45. The molecule has 1 aromatic carbocycles. The van der Waals surface area contributed by atoms with Crippen molar-refractivity contribution in [2.45, 2.75) is 19.4 Å². The lowest BCUT2D eigenvalue weighted by Gasteiger charge is -2.18. The predicted octanol–water partition coefficient (Wildman–Crippen LogP) is 2.23. The van der Waals surface area contributed by atoms with Gasteiger partial charge in [0.2, 0.25) is 0 Å². The molecule has 0 aromatic heterocycles. The standard InChI is InChI=1S/C12H13FN4O3S/c1-12(2)6-16(11(21)15-12)10(18)14-9-5-7(17(19)20)3-4-8(9)13/h3-5H,6H2,1-2H3,(H,14,18)(H,15,21). The van der Waals surface area contributed by atoms with E-state index < -0.39 is 16.8 Å². The molecule has 1 fully saturated rings. The number of thiocarbonyl (C=S) groups is 1. The number of halogens is 1. The van der Waals surface area contributed by atoms with Crippen molar-refractivity contribution in [3.05, 3.63) is 34.1 Å². The van der Waals surface area contributed by atoms with Crippen molar-refractivity contribution in [3.63, 3.8) is 0 Å². The maximum absolute atomic E-state index is 13.6. The molecule has 0 saturated carbocycles. The summed E-state index contributed by atoms with van der Waals surface area (Å²) in [6.07, 6.45) is 0. The van der Waals surface area contributed by atoms with Gasteiger partial charge in [0, 0.05) is 12.1 Å². The molecule has 0 spiro atoms. The van der Waals surface area contributed by atoms with Gasteiger partial charge in [0.1, 0.15) is 5.82 Å². The van der Waals surface area contributed by atoms with Crippen LogP contribution in [0.4, 0.5) is 20.6 Å². The summed E-state index contributed by atoms with van der Waals surface area (Å²) in [6.45, 7) is 4.04. The van der Waals surface area contributed by atoms with Crippen molar-refractivity contribution in [2.75, 3.05) is 11.9 Å². The van der Waals surface area contributed by atoms with E-state index in [1.165, 1.54) is 4.90 Å². The Hall–Kier alpha value is -2.29. The van der Waals surface area contributed by atoms with Gasteiger partial charge in [-0.2, -0.15) is 0 Å². The highest BCUT2D eigenvalue weighted by molar-refractivity contribution is 7.80. The van der Waals surface area contributed by atoms with Crippen molar-refractivity contribution in [3.8, 4) is 0 Å². The summed E-state index contributed by atoms with van der Waals surface area (Å²) < 4.78 is 13.6. The Labute approximate surface area is 125 Å². The molecule has 1 aliphatic rings. The molecular formula is C12H13FN4O3S. The van der Waals surface area contributed by atoms with Crippen LogP contribution in [0.1, 0.15) is 13.8 Å². The highest BCUT2D eigenvalue weighted by Gasteiger charge is 2.36. The Balaban J connectivity index is 2.19. The van der Waals surface area contributed by atoms with E-state index in [1.54, 1.807) is 0 Å². The third-order valence-corrected chi connectivity index (χ3v) is 3.21. The van der Waals surface area contributed by atoms with Gasteiger partial charge < -0.3 is 10.6 Å². The third-order valence-electron chi connectivity index (χ3n) is 2.89. The van der Waals surface area contributed by atoms with Crippen molar-refractivity contribution in [2.24, 2.45) is 0 Å². The Kier molecular flexibility index (Phi) is 3.77. The number of anilines is 1. The molecule has 0 bridgehead atoms. The molecule has 0 radical (unpaired) electrons. The fourth-order valence-electron chi connectivity index (χ4n) is 1.93. The van der Waals surface area contributed by atoms with Crippen LogP contribution in [-0.2, 0) is 0 Å². The number of nitro groups is 1. The summed E-state index contributed by atoms with van der Waals surface area (Å²) in [5.74, 6) is -0.758. The Morgan fingerprint density at radius 2 is 2.24 bits per heavy atom. The lowest BCUT2D eigenvalue weighted by Crippen LogP contribution is -2.37. The normalized spacial score (nSPS) is 16.5. The molecule has 9 heteroatoms. The van der Waals surface area contributed by atoms with E-state index >= 15 is 0 Å². The molecule has 0 atom stereocenters. The van der Waals surface area contributed by atoms with Gasteiger partial charge in [0.05, 0.1) is 22.7 Å². The van der Waals surface area contributed by atoms with Gasteiger partial charge in [-0.1, -0.05) is 0 Å². The lowest BCUT2D eigenvalue weighted by molar-refractivity contribution is -0.384. The fraction of sp³-hybridized carbons (Fsp3) is 0.333. The van der Waals surface area contributed by atoms with Crippen LogP contribution in [0.3, 0.4) is 0 Å². The quantitative estimate of drug-likeness (QED) is 0.497. The summed E-state index contributed by atoms with van der Waals surface area (Å²) in [5.41, 5.74) is -0.953. The van der Waals surface area contributed by atoms with Gasteiger partial charge in [-0.3, -0.25) is 15.0 Å². The number of carbonyl (C=O) groups is 1. The van der Waals surface area contributed by atoms with Crippen molar-refractivity contribution >= 4 is 34.7 Å². The minimum atomic E-state index is -0.758. The second kappa shape index (κ2) is 5.24. The molecule has 0 unspecified atom stereocenters. The predicted molar refractivity (Wildman–Crippen MR) is 78.6 cm³/mol. The van der Waals surface area contributed by atoms with Crippen LogP contribution in [0.15, 0.2) is 18.2 Å². The molecule has 2 N–H and O–H groups in total. The number of urea groups is 1. The zero-order valence-corrected chi connectivity index (χ0v) is 12.2. The number of amides is 2. The van der Waals surface area contributed by atoms with E-state index in [0.717, 1.165) is 18.2 Å². The number of carbonyl (C=O) groups excluding carboxylic acids is 1. The summed E-state index contributed by atoms with van der Waals surface area (Å²) in [6, 6.07) is 2.27. The van der Waals surface area contributed by atoms with Crippen LogP contribution in [0.2, 0.25) is 0 Å².